The topological polar surface area (TPSA) is 77.5 Å². The molecule has 0 saturated carbocycles. The van der Waals surface area contributed by atoms with Gasteiger partial charge in [0.25, 0.3) is 0 Å². The van der Waals surface area contributed by atoms with Crippen molar-refractivity contribution in [2.24, 2.45) is 5.92 Å². The number of hydrogen-bond donors (Lipinski definition) is 1. The number of carbonyl (C=O) groups excluding carboxylic acids is 1. The minimum atomic E-state index is -0.827. The van der Waals surface area contributed by atoms with Crippen LogP contribution in [0.1, 0.15) is 194 Å². The molecule has 0 aliphatic carbocycles. The normalized spacial score (nSPS) is 16.1. The second-order valence-corrected chi connectivity index (χ2v) is 15.2. The first-order chi connectivity index (χ1) is 24.5. The quantitative estimate of drug-likeness (QED) is 0.0505. The van der Waals surface area contributed by atoms with E-state index in [4.69, 9.17) is 18.9 Å². The molecule has 50 heavy (non-hydrogen) atoms. The highest BCUT2D eigenvalue weighted by Gasteiger charge is 2.35. The van der Waals surface area contributed by atoms with Crippen LogP contribution in [0.3, 0.4) is 0 Å². The third-order valence-electron chi connectivity index (χ3n) is 10.0. The van der Waals surface area contributed by atoms with Gasteiger partial charge in [0.2, 0.25) is 6.29 Å². The Morgan fingerprint density at radius 3 is 1.44 bits per heavy atom. The fraction of sp³-hybridized carbons (Fsp3) is 0.930. The third kappa shape index (κ3) is 27.5. The molecule has 0 fully saturated rings. The Labute approximate surface area is 310 Å². The van der Waals surface area contributed by atoms with Gasteiger partial charge in [0.05, 0.1) is 6.54 Å². The van der Waals surface area contributed by atoms with Gasteiger partial charge < -0.3 is 24.1 Å². The van der Waals surface area contributed by atoms with E-state index in [1.807, 2.05) is 14.1 Å². The van der Waals surface area contributed by atoms with Crippen molar-refractivity contribution < 1.29 is 28.8 Å². The lowest BCUT2D eigenvalue weighted by molar-refractivity contribution is -0.146. The number of aliphatic hydroxyl groups is 1. The SMILES string of the molecule is CCCCCCCCOCCCCCCCCCC1=C(COC(=O)CN(C)C)O[C@@H](O)C1CCCCCCCCCOCCCCCCCC. The van der Waals surface area contributed by atoms with E-state index in [1.54, 1.807) is 4.90 Å². The maximum Gasteiger partial charge on any atom is 0.320 e. The van der Waals surface area contributed by atoms with Gasteiger partial charge in [0.15, 0.2) is 0 Å². The molecule has 1 unspecified atom stereocenters. The van der Waals surface area contributed by atoms with E-state index in [9.17, 15) is 9.90 Å². The van der Waals surface area contributed by atoms with Gasteiger partial charge in [-0.1, -0.05) is 149 Å². The number of likely N-dealkylation sites (N-methyl/N-ethyl adjacent to an activating group) is 1. The van der Waals surface area contributed by atoms with Crippen LogP contribution in [0.4, 0.5) is 0 Å². The fourth-order valence-electron chi connectivity index (χ4n) is 6.93. The number of carbonyl (C=O) groups is 1. The van der Waals surface area contributed by atoms with Crippen molar-refractivity contribution in [3.63, 3.8) is 0 Å². The summed E-state index contributed by atoms with van der Waals surface area (Å²) in [6.45, 7) is 8.56. The summed E-state index contributed by atoms with van der Waals surface area (Å²) in [5.41, 5.74) is 1.18. The largest absolute Gasteiger partial charge is 0.465 e. The summed E-state index contributed by atoms with van der Waals surface area (Å²) in [5.74, 6) is 0.438. The highest BCUT2D eigenvalue weighted by Crippen LogP contribution is 2.37. The van der Waals surface area contributed by atoms with Gasteiger partial charge in [-0.05, 0) is 64.6 Å². The van der Waals surface area contributed by atoms with Crippen LogP contribution in [0, 0.1) is 5.92 Å². The highest BCUT2D eigenvalue weighted by atomic mass is 16.6. The van der Waals surface area contributed by atoms with Crippen molar-refractivity contribution in [3.05, 3.63) is 11.3 Å². The third-order valence-corrected chi connectivity index (χ3v) is 10.0. The van der Waals surface area contributed by atoms with Crippen LogP contribution in [0.25, 0.3) is 0 Å². The van der Waals surface area contributed by atoms with Gasteiger partial charge in [-0.25, -0.2) is 0 Å². The minimum absolute atomic E-state index is 0.0117. The maximum absolute atomic E-state index is 12.2. The van der Waals surface area contributed by atoms with Gasteiger partial charge in [-0.15, -0.1) is 0 Å². The molecule has 296 valence electrons. The molecule has 2 atom stereocenters. The van der Waals surface area contributed by atoms with Crippen molar-refractivity contribution in [1.29, 1.82) is 0 Å². The Morgan fingerprint density at radius 1 is 0.600 bits per heavy atom. The molecule has 7 nitrogen and oxygen atoms in total. The fourth-order valence-corrected chi connectivity index (χ4v) is 6.93. The molecule has 0 aromatic rings. The second kappa shape index (κ2) is 34.9. The number of esters is 1. The van der Waals surface area contributed by atoms with Crippen molar-refractivity contribution in [2.75, 3.05) is 53.7 Å². The van der Waals surface area contributed by atoms with Gasteiger partial charge >= 0.3 is 5.97 Å². The number of ether oxygens (including phenoxy) is 4. The van der Waals surface area contributed by atoms with E-state index < -0.39 is 6.29 Å². The van der Waals surface area contributed by atoms with E-state index in [-0.39, 0.29) is 25.0 Å². The zero-order valence-corrected chi connectivity index (χ0v) is 33.6. The van der Waals surface area contributed by atoms with Crippen LogP contribution in [-0.4, -0.2) is 75.9 Å². The number of hydrogen-bond acceptors (Lipinski definition) is 7. The Bertz CT molecular complexity index is 787. The summed E-state index contributed by atoms with van der Waals surface area (Å²) in [5, 5.41) is 10.9. The van der Waals surface area contributed by atoms with Crippen molar-refractivity contribution in [2.45, 2.75) is 200 Å². The first kappa shape index (κ1) is 46.9. The molecule has 1 rings (SSSR count). The standard InChI is InChI=1S/C43H83NO6/c1-5-7-9-11-21-27-33-47-35-29-23-17-13-15-19-25-31-39-40(43(46)50-41(39)38-49-42(45)37-44(3)4)32-26-20-16-14-18-24-30-36-48-34-28-22-12-10-8-6-2/h40,43,46H,5-38H2,1-4H3/t40?,43-/m1/s1. The molecule has 1 aliphatic heterocycles. The molecule has 0 amide bonds. The molecule has 0 bridgehead atoms. The zero-order valence-electron chi connectivity index (χ0n) is 33.6. The van der Waals surface area contributed by atoms with Gasteiger partial charge in [0, 0.05) is 32.3 Å². The van der Waals surface area contributed by atoms with E-state index in [0.717, 1.165) is 52.1 Å². The van der Waals surface area contributed by atoms with Crippen LogP contribution in [-0.2, 0) is 23.7 Å². The Morgan fingerprint density at radius 2 is 1.00 bits per heavy atom. The molecule has 0 saturated heterocycles. The van der Waals surface area contributed by atoms with Gasteiger partial charge in [0.1, 0.15) is 12.4 Å². The Balaban J connectivity index is 2.24. The monoisotopic (exact) mass is 710 g/mol. The Kier molecular flexibility index (Phi) is 32.7. The maximum atomic E-state index is 12.2. The summed E-state index contributed by atoms with van der Waals surface area (Å²) in [4.78, 5) is 14.0. The first-order valence-corrected chi connectivity index (χ1v) is 21.5. The molecule has 0 radical (unpaired) electrons. The number of rotatable bonds is 38. The number of aliphatic hydroxyl groups excluding tert-OH is 1. The smallest absolute Gasteiger partial charge is 0.320 e. The van der Waals surface area contributed by atoms with Crippen LogP contribution in [0.15, 0.2) is 11.3 Å². The molecule has 1 aliphatic rings. The predicted molar refractivity (Wildman–Crippen MR) is 209 cm³/mol. The molecule has 1 heterocycles. The average molecular weight is 710 g/mol. The zero-order chi connectivity index (χ0) is 36.3. The van der Waals surface area contributed by atoms with Gasteiger partial charge in [-0.2, -0.15) is 0 Å². The molecule has 0 aromatic heterocycles. The first-order valence-electron chi connectivity index (χ1n) is 21.5. The van der Waals surface area contributed by atoms with Crippen LogP contribution in [0.5, 0.6) is 0 Å². The minimum Gasteiger partial charge on any atom is -0.465 e. The van der Waals surface area contributed by atoms with E-state index in [1.165, 1.54) is 160 Å². The molecule has 0 aromatic carbocycles. The summed E-state index contributed by atoms with van der Waals surface area (Å²) in [6.07, 6.45) is 33.8. The molecule has 0 spiro atoms. The molecular weight excluding hydrogens is 626 g/mol. The van der Waals surface area contributed by atoms with Crippen LogP contribution < -0.4 is 0 Å². The summed E-state index contributed by atoms with van der Waals surface area (Å²) >= 11 is 0. The Hall–Kier alpha value is -1.15. The lowest BCUT2D eigenvalue weighted by Crippen LogP contribution is -2.24. The second-order valence-electron chi connectivity index (χ2n) is 15.2. The molecular formula is C43H83NO6. The molecule has 1 N–H and O–H groups in total. The van der Waals surface area contributed by atoms with Crippen molar-refractivity contribution >= 4 is 5.97 Å². The van der Waals surface area contributed by atoms with Crippen molar-refractivity contribution in [3.8, 4) is 0 Å². The van der Waals surface area contributed by atoms with Crippen molar-refractivity contribution in [1.82, 2.24) is 4.90 Å². The summed E-state index contributed by atoms with van der Waals surface area (Å²) < 4.78 is 23.1. The predicted octanol–water partition coefficient (Wildman–Crippen LogP) is 11.3. The van der Waals surface area contributed by atoms with Crippen LogP contribution in [0.2, 0.25) is 0 Å². The molecule has 7 heteroatoms. The van der Waals surface area contributed by atoms with Crippen LogP contribution >= 0.6 is 0 Å². The lowest BCUT2D eigenvalue weighted by Gasteiger charge is -2.17. The number of nitrogens with zero attached hydrogens (tertiary/aromatic N) is 1. The average Bonchev–Trinajstić information content (AvgIpc) is 3.39. The summed E-state index contributed by atoms with van der Waals surface area (Å²) in [6, 6.07) is 0. The van der Waals surface area contributed by atoms with E-state index in [2.05, 4.69) is 13.8 Å². The van der Waals surface area contributed by atoms with E-state index in [0.29, 0.717) is 5.76 Å². The summed E-state index contributed by atoms with van der Waals surface area (Å²) in [7, 11) is 3.71. The van der Waals surface area contributed by atoms with E-state index >= 15 is 0 Å². The highest BCUT2D eigenvalue weighted by molar-refractivity contribution is 5.71. The van der Waals surface area contributed by atoms with Gasteiger partial charge in [-0.3, -0.25) is 9.69 Å². The lowest BCUT2D eigenvalue weighted by atomic mass is 9.89. The number of unbranched alkanes of at least 4 members (excludes halogenated alkanes) is 22.